The zero-order valence-electron chi connectivity index (χ0n) is 34.5. The molecule has 7 aromatic carbocycles. The number of nitrogens with zero attached hydrogens (tertiary/aromatic N) is 2. The molecule has 4 nitrogen and oxygen atoms in total. The molecule has 0 radical (unpaired) electrons. The molecule has 9 aromatic rings. The first-order chi connectivity index (χ1) is 31.2. The number of rotatable bonds is 5. The number of ether oxygens (including phenoxy) is 1. The van der Waals surface area contributed by atoms with Crippen LogP contribution in [-0.4, -0.2) is 16.1 Å². The van der Waals surface area contributed by atoms with E-state index in [1.807, 2.05) is 12.1 Å². The number of hydrogen-bond donors (Lipinski definition) is 0. The van der Waals surface area contributed by atoms with Crippen molar-refractivity contribution in [1.82, 2.24) is 9.97 Å². The minimum Gasteiger partial charge on any atom is -0.485 e. The number of furan rings is 1. The smallest absolute Gasteiger partial charge is 0.160 e. The summed E-state index contributed by atoms with van der Waals surface area (Å²) in [5.41, 5.74) is 18.9. The van der Waals surface area contributed by atoms with E-state index in [1.54, 1.807) is 0 Å². The summed E-state index contributed by atoms with van der Waals surface area (Å²) in [6, 6.07) is 62.9. The van der Waals surface area contributed by atoms with Gasteiger partial charge in [0, 0.05) is 45.2 Å². The number of aromatic nitrogens is 2. The molecule has 0 fully saturated rings. The Kier molecular flexibility index (Phi) is 8.04. The molecule has 2 aromatic heterocycles. The predicted octanol–water partition coefficient (Wildman–Crippen LogP) is 14.2. The lowest BCUT2D eigenvalue weighted by atomic mass is 9.63. The van der Waals surface area contributed by atoms with E-state index >= 15 is 0 Å². The lowest BCUT2D eigenvalue weighted by Crippen LogP contribution is -2.42. The van der Waals surface area contributed by atoms with Crippen LogP contribution < -0.4 is 4.74 Å². The number of para-hydroxylation sites is 1. The number of allylic oxidation sites excluding steroid dienone is 3. The van der Waals surface area contributed by atoms with E-state index in [1.165, 1.54) is 44.3 Å². The van der Waals surface area contributed by atoms with Gasteiger partial charge in [-0.2, -0.15) is 0 Å². The molecule has 0 saturated carbocycles. The number of hydrogen-bond acceptors (Lipinski definition) is 4. The van der Waals surface area contributed by atoms with Crippen molar-refractivity contribution in [2.45, 2.75) is 30.8 Å². The topological polar surface area (TPSA) is 48.2 Å². The van der Waals surface area contributed by atoms with Crippen molar-refractivity contribution >= 4 is 16.5 Å². The van der Waals surface area contributed by atoms with Gasteiger partial charge in [-0.25, -0.2) is 9.97 Å². The van der Waals surface area contributed by atoms with E-state index in [0.29, 0.717) is 5.82 Å². The third-order valence-electron chi connectivity index (χ3n) is 13.6. The molecule has 4 heteroatoms. The van der Waals surface area contributed by atoms with Gasteiger partial charge in [0.2, 0.25) is 0 Å². The Morgan fingerprint density at radius 2 is 1.17 bits per heavy atom. The van der Waals surface area contributed by atoms with Crippen molar-refractivity contribution < 1.29 is 9.15 Å². The Morgan fingerprint density at radius 1 is 0.540 bits per heavy atom. The van der Waals surface area contributed by atoms with Gasteiger partial charge in [0.25, 0.3) is 0 Å². The second kappa shape index (κ2) is 14.1. The highest BCUT2D eigenvalue weighted by Gasteiger charge is 2.53. The highest BCUT2D eigenvalue weighted by Crippen LogP contribution is 2.61. The normalized spacial score (nSPS) is 16.3. The molecule has 4 aliphatic rings. The van der Waals surface area contributed by atoms with Crippen molar-refractivity contribution in [3.8, 4) is 61.9 Å². The zero-order valence-corrected chi connectivity index (χ0v) is 34.5. The zero-order chi connectivity index (χ0) is 41.5. The van der Waals surface area contributed by atoms with E-state index < -0.39 is 5.41 Å². The van der Waals surface area contributed by atoms with E-state index in [-0.39, 0.29) is 6.10 Å². The Balaban J connectivity index is 0.878. The second-order valence-corrected chi connectivity index (χ2v) is 17.0. The Labute approximate surface area is 366 Å². The van der Waals surface area contributed by atoms with E-state index in [9.17, 15) is 0 Å². The summed E-state index contributed by atoms with van der Waals surface area (Å²) in [5, 5.41) is 1.21. The van der Waals surface area contributed by atoms with Crippen LogP contribution in [0, 0.1) is 0 Å². The van der Waals surface area contributed by atoms with Crippen molar-refractivity contribution in [3.63, 3.8) is 0 Å². The van der Waals surface area contributed by atoms with Gasteiger partial charge in [-0.05, 0) is 81.6 Å². The number of fused-ring (bicyclic) bond motifs is 12. The van der Waals surface area contributed by atoms with Crippen LogP contribution >= 0.6 is 0 Å². The van der Waals surface area contributed by atoms with Crippen LogP contribution in [0.25, 0.3) is 72.7 Å². The van der Waals surface area contributed by atoms with Gasteiger partial charge in [-0.3, -0.25) is 0 Å². The molecule has 298 valence electrons. The fourth-order valence-electron chi connectivity index (χ4n) is 10.7. The largest absolute Gasteiger partial charge is 0.485 e. The van der Waals surface area contributed by atoms with Crippen LogP contribution in [0.3, 0.4) is 0 Å². The van der Waals surface area contributed by atoms with Crippen LogP contribution in [0.5, 0.6) is 5.75 Å². The Bertz CT molecular complexity index is 3340. The molecule has 63 heavy (non-hydrogen) atoms. The third-order valence-corrected chi connectivity index (χ3v) is 13.6. The van der Waals surface area contributed by atoms with Crippen LogP contribution in [-0.2, 0) is 11.8 Å². The highest BCUT2D eigenvalue weighted by atomic mass is 16.5. The molecule has 13 rings (SSSR count). The van der Waals surface area contributed by atoms with Gasteiger partial charge in [0.15, 0.2) is 5.82 Å². The Morgan fingerprint density at radius 3 is 1.95 bits per heavy atom. The molecule has 0 bridgehead atoms. The van der Waals surface area contributed by atoms with Crippen LogP contribution in [0.4, 0.5) is 0 Å². The molecule has 1 aliphatic heterocycles. The van der Waals surface area contributed by atoms with Crippen molar-refractivity contribution in [2.75, 3.05) is 0 Å². The number of aryl methyl sites for hydroxylation is 1. The summed E-state index contributed by atoms with van der Waals surface area (Å²) in [6.07, 6.45) is 11.8. The average Bonchev–Trinajstić information content (AvgIpc) is 3.89. The molecule has 3 aliphatic carbocycles. The summed E-state index contributed by atoms with van der Waals surface area (Å²) >= 11 is 0. The molecular formula is C59H40N2O2. The molecular weight excluding hydrogens is 769 g/mol. The molecule has 1 spiro atoms. The lowest BCUT2D eigenvalue weighted by Gasteiger charge is -2.45. The molecule has 1 atom stereocenters. The molecule has 3 heterocycles. The van der Waals surface area contributed by atoms with Crippen LogP contribution in [0.15, 0.2) is 210 Å². The maximum Gasteiger partial charge on any atom is 0.160 e. The summed E-state index contributed by atoms with van der Waals surface area (Å²) in [4.78, 5) is 10.4. The maximum absolute atomic E-state index is 6.84. The summed E-state index contributed by atoms with van der Waals surface area (Å²) in [7, 11) is 0. The van der Waals surface area contributed by atoms with Gasteiger partial charge >= 0.3 is 0 Å². The first-order valence-electron chi connectivity index (χ1n) is 22.0. The fourth-order valence-corrected chi connectivity index (χ4v) is 10.7. The number of benzene rings is 7. The summed E-state index contributed by atoms with van der Waals surface area (Å²) in [5.74, 6) is 2.62. The average molecular weight is 809 g/mol. The van der Waals surface area contributed by atoms with Gasteiger partial charge in [0.05, 0.1) is 16.8 Å². The molecule has 0 saturated heterocycles. The van der Waals surface area contributed by atoms with Gasteiger partial charge < -0.3 is 9.15 Å². The van der Waals surface area contributed by atoms with E-state index in [4.69, 9.17) is 19.1 Å². The van der Waals surface area contributed by atoms with Crippen molar-refractivity contribution in [2.24, 2.45) is 0 Å². The van der Waals surface area contributed by atoms with Crippen LogP contribution in [0.1, 0.15) is 46.4 Å². The van der Waals surface area contributed by atoms with Crippen molar-refractivity contribution in [3.05, 3.63) is 239 Å². The quantitative estimate of drug-likeness (QED) is 0.174. The monoisotopic (exact) mass is 808 g/mol. The first-order valence-corrected chi connectivity index (χ1v) is 22.0. The molecule has 0 amide bonds. The third kappa shape index (κ3) is 5.54. The standard InChI is InChI=1S/C59H40N2O2/c1-2-13-39(14-3-1)52-36-53(40-29-27-38(28-30-40)43-18-12-19-47-46-17-6-10-23-54(46)63-57(43)47)61-58(60-52)41-31-25-37(26-32-41)42-33-34-56-51(35-42)59(50-22-9-11-24-55(50)62-56)48-20-7-4-15-44(48)45-16-5-8-21-49(45)59/h1-11,13-18,20-23,25-36,55H,12,19,24H2. The van der Waals surface area contributed by atoms with E-state index in [0.717, 1.165) is 86.7 Å². The minimum absolute atomic E-state index is 0.0264. The maximum atomic E-state index is 6.84. The van der Waals surface area contributed by atoms with Gasteiger partial charge in [-0.15, -0.1) is 0 Å². The SMILES string of the molecule is C1=CCC2Oc3ccc(-c4ccc(-c5nc(-c6ccccc6)cc(-c6ccc(C7=CCCc8c7oc7ccccc87)cc6)n5)cc4)cc3C3(C2=C1)c1ccccc1-c1ccccc13. The van der Waals surface area contributed by atoms with E-state index in [2.05, 4.69) is 188 Å². The fraction of sp³-hybridized carbons (Fsp3) is 0.0847. The minimum atomic E-state index is -0.448. The first kappa shape index (κ1) is 35.9. The Hall–Kier alpha value is -7.82. The predicted molar refractivity (Wildman–Crippen MR) is 253 cm³/mol. The summed E-state index contributed by atoms with van der Waals surface area (Å²) < 4.78 is 13.3. The van der Waals surface area contributed by atoms with Gasteiger partial charge in [0.1, 0.15) is 23.2 Å². The molecule has 0 N–H and O–H groups in total. The summed E-state index contributed by atoms with van der Waals surface area (Å²) in [6.45, 7) is 0. The highest BCUT2D eigenvalue weighted by molar-refractivity contribution is 5.92. The lowest BCUT2D eigenvalue weighted by molar-refractivity contribution is 0.205. The van der Waals surface area contributed by atoms with Gasteiger partial charge in [-0.1, -0.05) is 176 Å². The molecule has 1 unspecified atom stereocenters. The van der Waals surface area contributed by atoms with Crippen LogP contribution in [0.2, 0.25) is 0 Å². The van der Waals surface area contributed by atoms with Crippen molar-refractivity contribution in [1.29, 1.82) is 0 Å². The second-order valence-electron chi connectivity index (χ2n) is 17.0.